The Balaban J connectivity index is 1.40. The molecule has 0 spiro atoms. The highest BCUT2D eigenvalue weighted by atomic mass is 32.2. The first-order valence-corrected chi connectivity index (χ1v) is 12.7. The Morgan fingerprint density at radius 1 is 1.06 bits per heavy atom. The van der Waals surface area contributed by atoms with E-state index < -0.39 is 0 Å². The maximum atomic E-state index is 13.3. The lowest BCUT2D eigenvalue weighted by Gasteiger charge is -2.09. The molecule has 7 nitrogen and oxygen atoms in total. The van der Waals surface area contributed by atoms with Gasteiger partial charge in [-0.2, -0.15) is 0 Å². The van der Waals surface area contributed by atoms with Crippen LogP contribution >= 0.6 is 23.1 Å². The van der Waals surface area contributed by atoms with E-state index in [1.807, 2.05) is 60.7 Å². The standard InChI is InChI=1S/C26H18N4O3S2/c1-2-12-30-25(32)17-13-19(15-8-4-3-5-9-15)35-24(17)29-26(30)34-14-20-27-21-16-10-6-7-11-18(16)33-22(21)23(31)28-20/h2-11,13H,1,12,14H2,(H,27,28,31). The third-order valence-electron chi connectivity index (χ3n) is 5.60. The van der Waals surface area contributed by atoms with Crippen LogP contribution in [-0.4, -0.2) is 19.5 Å². The molecule has 0 aliphatic carbocycles. The maximum absolute atomic E-state index is 13.3. The Labute approximate surface area is 206 Å². The molecule has 9 heteroatoms. The highest BCUT2D eigenvalue weighted by Crippen LogP contribution is 2.32. The van der Waals surface area contributed by atoms with Crippen LogP contribution in [0.1, 0.15) is 5.82 Å². The van der Waals surface area contributed by atoms with Gasteiger partial charge in [0, 0.05) is 16.8 Å². The number of nitrogens with one attached hydrogen (secondary N) is 1. The van der Waals surface area contributed by atoms with Crippen molar-refractivity contribution in [3.63, 3.8) is 0 Å². The van der Waals surface area contributed by atoms with Crippen LogP contribution in [0.5, 0.6) is 0 Å². The molecule has 0 aliphatic heterocycles. The molecule has 2 aromatic carbocycles. The Kier molecular flexibility index (Phi) is 5.35. The van der Waals surface area contributed by atoms with Crippen LogP contribution in [0, 0.1) is 0 Å². The number of allylic oxidation sites excluding steroid dienone is 1. The molecule has 35 heavy (non-hydrogen) atoms. The minimum atomic E-state index is -0.334. The van der Waals surface area contributed by atoms with E-state index in [4.69, 9.17) is 9.40 Å². The number of thiophene rings is 1. The van der Waals surface area contributed by atoms with E-state index in [2.05, 4.69) is 16.5 Å². The maximum Gasteiger partial charge on any atom is 0.294 e. The van der Waals surface area contributed by atoms with E-state index in [1.165, 1.54) is 23.1 Å². The first-order valence-electron chi connectivity index (χ1n) is 10.9. The fraction of sp³-hybridized carbons (Fsp3) is 0.0769. The van der Waals surface area contributed by atoms with Gasteiger partial charge < -0.3 is 9.40 Å². The van der Waals surface area contributed by atoms with Gasteiger partial charge in [0.2, 0.25) is 5.58 Å². The molecule has 4 aromatic heterocycles. The summed E-state index contributed by atoms with van der Waals surface area (Å²) in [5.41, 5.74) is 1.94. The number of hydrogen-bond acceptors (Lipinski definition) is 7. The first kappa shape index (κ1) is 21.6. The van der Waals surface area contributed by atoms with Gasteiger partial charge >= 0.3 is 0 Å². The molecule has 6 rings (SSSR count). The van der Waals surface area contributed by atoms with Crippen LogP contribution in [-0.2, 0) is 12.3 Å². The molecule has 0 aliphatic rings. The van der Waals surface area contributed by atoms with E-state index in [-0.39, 0.29) is 16.7 Å². The molecule has 4 heterocycles. The summed E-state index contributed by atoms with van der Waals surface area (Å²) in [7, 11) is 0. The summed E-state index contributed by atoms with van der Waals surface area (Å²) in [4.78, 5) is 39.9. The van der Waals surface area contributed by atoms with Gasteiger partial charge in [-0.25, -0.2) is 9.97 Å². The third kappa shape index (κ3) is 3.78. The molecule has 1 N–H and O–H groups in total. The van der Waals surface area contributed by atoms with Crippen molar-refractivity contribution in [3.8, 4) is 10.4 Å². The minimum absolute atomic E-state index is 0.117. The smallest absolute Gasteiger partial charge is 0.294 e. The van der Waals surface area contributed by atoms with Crippen molar-refractivity contribution in [2.75, 3.05) is 0 Å². The predicted molar refractivity (Wildman–Crippen MR) is 141 cm³/mol. The minimum Gasteiger partial charge on any atom is -0.449 e. The predicted octanol–water partition coefficient (Wildman–Crippen LogP) is 5.59. The molecule has 0 fully saturated rings. The van der Waals surface area contributed by atoms with Gasteiger partial charge in [-0.05, 0) is 23.8 Å². The van der Waals surface area contributed by atoms with Gasteiger partial charge in [-0.15, -0.1) is 17.9 Å². The number of thioether (sulfide) groups is 1. The number of aromatic nitrogens is 4. The van der Waals surface area contributed by atoms with E-state index in [1.54, 1.807) is 10.6 Å². The highest BCUT2D eigenvalue weighted by molar-refractivity contribution is 7.98. The average molecular weight is 499 g/mol. The molecule has 0 atom stereocenters. The summed E-state index contributed by atoms with van der Waals surface area (Å²) in [6, 6.07) is 19.2. The van der Waals surface area contributed by atoms with Gasteiger partial charge in [-0.1, -0.05) is 60.3 Å². The second-order valence-electron chi connectivity index (χ2n) is 7.87. The SMILES string of the molecule is C=CCn1c(SCc2nc3c(oc4ccccc43)c(=O)[nH]2)nc2sc(-c3ccccc3)cc2c1=O. The van der Waals surface area contributed by atoms with Gasteiger partial charge in [-0.3, -0.25) is 14.2 Å². The number of benzene rings is 2. The van der Waals surface area contributed by atoms with E-state index >= 15 is 0 Å². The number of H-pyrrole nitrogens is 1. The van der Waals surface area contributed by atoms with Crippen LogP contribution in [0.2, 0.25) is 0 Å². The summed E-state index contributed by atoms with van der Waals surface area (Å²) in [5, 5.41) is 1.91. The first-order chi connectivity index (χ1) is 17.1. The molecule has 0 saturated heterocycles. The fourth-order valence-electron chi connectivity index (χ4n) is 3.99. The van der Waals surface area contributed by atoms with Crippen molar-refractivity contribution < 1.29 is 4.42 Å². The molecule has 6 aromatic rings. The molecule has 0 radical (unpaired) electrons. The largest absolute Gasteiger partial charge is 0.449 e. The molecular formula is C26H18N4O3S2. The summed E-state index contributed by atoms with van der Waals surface area (Å²) >= 11 is 2.83. The lowest BCUT2D eigenvalue weighted by Crippen LogP contribution is -2.22. The van der Waals surface area contributed by atoms with Crippen LogP contribution < -0.4 is 11.1 Å². The summed E-state index contributed by atoms with van der Waals surface area (Å²) in [6.07, 6.45) is 1.67. The Hall–Kier alpha value is -3.95. The lowest BCUT2D eigenvalue weighted by molar-refractivity contribution is 0.660. The third-order valence-corrected chi connectivity index (χ3v) is 7.67. The highest BCUT2D eigenvalue weighted by Gasteiger charge is 2.17. The fourth-order valence-corrected chi connectivity index (χ4v) is 5.95. The van der Waals surface area contributed by atoms with Crippen molar-refractivity contribution in [3.05, 3.63) is 99.9 Å². The quantitative estimate of drug-likeness (QED) is 0.183. The number of aromatic amines is 1. The molecule has 0 bridgehead atoms. The van der Waals surface area contributed by atoms with Crippen LogP contribution in [0.4, 0.5) is 0 Å². The Bertz CT molecular complexity index is 1850. The van der Waals surface area contributed by atoms with Crippen LogP contribution in [0.3, 0.4) is 0 Å². The summed E-state index contributed by atoms with van der Waals surface area (Å²) < 4.78 is 7.28. The van der Waals surface area contributed by atoms with E-state index in [0.29, 0.717) is 44.6 Å². The number of furan rings is 1. The Morgan fingerprint density at radius 2 is 1.86 bits per heavy atom. The molecule has 0 amide bonds. The summed E-state index contributed by atoms with van der Waals surface area (Å²) in [6.45, 7) is 4.12. The zero-order chi connectivity index (χ0) is 23.9. The van der Waals surface area contributed by atoms with Gasteiger partial charge in [0.25, 0.3) is 11.1 Å². The normalized spacial score (nSPS) is 11.5. The van der Waals surface area contributed by atoms with Crippen molar-refractivity contribution in [2.24, 2.45) is 0 Å². The second kappa shape index (κ2) is 8.68. The number of fused-ring (bicyclic) bond motifs is 4. The van der Waals surface area contributed by atoms with Gasteiger partial charge in [0.05, 0.1) is 11.1 Å². The molecule has 172 valence electrons. The van der Waals surface area contributed by atoms with Crippen molar-refractivity contribution in [1.29, 1.82) is 0 Å². The van der Waals surface area contributed by atoms with Gasteiger partial charge in [0.1, 0.15) is 21.8 Å². The zero-order valence-corrected chi connectivity index (χ0v) is 20.0. The second-order valence-corrected chi connectivity index (χ2v) is 9.84. The van der Waals surface area contributed by atoms with Gasteiger partial charge in [0.15, 0.2) is 5.16 Å². The van der Waals surface area contributed by atoms with Crippen molar-refractivity contribution >= 4 is 55.4 Å². The average Bonchev–Trinajstić information content (AvgIpc) is 3.48. The number of rotatable bonds is 6. The topological polar surface area (TPSA) is 93.8 Å². The molecular weight excluding hydrogens is 480 g/mol. The van der Waals surface area contributed by atoms with Crippen LogP contribution in [0.15, 0.2) is 92.5 Å². The number of nitrogens with zero attached hydrogens (tertiary/aromatic N) is 3. The monoisotopic (exact) mass is 498 g/mol. The Morgan fingerprint density at radius 3 is 2.69 bits per heavy atom. The van der Waals surface area contributed by atoms with Crippen molar-refractivity contribution in [2.45, 2.75) is 17.5 Å². The number of para-hydroxylation sites is 1. The van der Waals surface area contributed by atoms with Crippen molar-refractivity contribution in [1.82, 2.24) is 19.5 Å². The zero-order valence-electron chi connectivity index (χ0n) is 18.4. The van der Waals surface area contributed by atoms with E-state index in [9.17, 15) is 9.59 Å². The number of hydrogen-bond donors (Lipinski definition) is 1. The van der Waals surface area contributed by atoms with E-state index in [0.717, 1.165) is 15.8 Å². The van der Waals surface area contributed by atoms with Crippen LogP contribution in [0.25, 0.3) is 42.7 Å². The molecule has 0 saturated carbocycles. The summed E-state index contributed by atoms with van der Waals surface area (Å²) in [5.74, 6) is 0.811. The molecule has 0 unspecified atom stereocenters. The lowest BCUT2D eigenvalue weighted by atomic mass is 10.2.